The average Bonchev–Trinajstić information content (AvgIpc) is 2.84. The lowest BCUT2D eigenvalue weighted by Gasteiger charge is -2.01. The molecule has 1 aliphatic rings. The first kappa shape index (κ1) is 12.5. The summed E-state index contributed by atoms with van der Waals surface area (Å²) in [6.07, 6.45) is 0.778. The Labute approximate surface area is 104 Å². The molecule has 0 aliphatic carbocycles. The van der Waals surface area contributed by atoms with Gasteiger partial charge in [0.2, 0.25) is 0 Å². The fourth-order valence-corrected chi connectivity index (χ4v) is 4.61. The van der Waals surface area contributed by atoms with Gasteiger partial charge in [0, 0.05) is 11.3 Å². The quantitative estimate of drug-likeness (QED) is 0.761. The highest BCUT2D eigenvalue weighted by Crippen LogP contribution is 2.30. The van der Waals surface area contributed by atoms with Gasteiger partial charge in [0.25, 0.3) is 0 Å². The highest BCUT2D eigenvalue weighted by molar-refractivity contribution is 7.91. The fraction of sp³-hybridized carbons (Fsp3) is 0.600. The summed E-state index contributed by atoms with van der Waals surface area (Å²) in [5.74, 6) is 0.0826. The molecule has 1 aliphatic heterocycles. The van der Waals surface area contributed by atoms with Crippen LogP contribution in [0.3, 0.4) is 0 Å². The maximum Gasteiger partial charge on any atom is 0.311 e. The van der Waals surface area contributed by atoms with Crippen molar-refractivity contribution in [3.63, 3.8) is 0 Å². The smallest absolute Gasteiger partial charge is 0.311 e. The van der Waals surface area contributed by atoms with Crippen molar-refractivity contribution in [1.29, 1.82) is 0 Å². The normalized spacial score (nSPS) is 22.5. The number of carbonyl (C=O) groups excluding carboxylic acids is 1. The molecule has 0 saturated carbocycles. The van der Waals surface area contributed by atoms with Crippen molar-refractivity contribution in [2.45, 2.75) is 18.8 Å². The summed E-state index contributed by atoms with van der Waals surface area (Å²) in [4.78, 5) is 15.4. The van der Waals surface area contributed by atoms with Crippen LogP contribution in [0.2, 0.25) is 0 Å². The van der Waals surface area contributed by atoms with Crippen LogP contribution >= 0.6 is 11.3 Å². The Morgan fingerprint density at radius 1 is 1.65 bits per heavy atom. The summed E-state index contributed by atoms with van der Waals surface area (Å²) in [6, 6.07) is 0. The van der Waals surface area contributed by atoms with E-state index in [-0.39, 0.29) is 29.8 Å². The molecule has 94 valence electrons. The van der Waals surface area contributed by atoms with Gasteiger partial charge in [0.15, 0.2) is 9.84 Å². The lowest BCUT2D eigenvalue weighted by Crippen LogP contribution is -2.06. The van der Waals surface area contributed by atoms with E-state index in [9.17, 15) is 13.2 Å². The first-order chi connectivity index (χ1) is 8.00. The van der Waals surface area contributed by atoms with E-state index in [2.05, 4.69) is 9.72 Å². The third kappa shape index (κ3) is 3.04. The highest BCUT2D eigenvalue weighted by Gasteiger charge is 2.31. The van der Waals surface area contributed by atoms with Crippen LogP contribution in [0.15, 0.2) is 5.38 Å². The second-order valence-corrected chi connectivity index (χ2v) is 7.15. The van der Waals surface area contributed by atoms with Crippen LogP contribution in [0.4, 0.5) is 0 Å². The molecule has 0 N–H and O–H groups in total. The molecule has 1 fully saturated rings. The van der Waals surface area contributed by atoms with Crippen molar-refractivity contribution >= 4 is 27.1 Å². The molecule has 0 amide bonds. The molecule has 1 atom stereocenters. The third-order valence-corrected chi connectivity index (χ3v) is 5.53. The van der Waals surface area contributed by atoms with Crippen LogP contribution in [0.25, 0.3) is 0 Å². The van der Waals surface area contributed by atoms with E-state index in [1.54, 1.807) is 5.38 Å². The maximum atomic E-state index is 11.3. The fourth-order valence-electron chi connectivity index (χ4n) is 1.80. The third-order valence-electron chi connectivity index (χ3n) is 2.70. The molecule has 0 spiro atoms. The molecule has 1 saturated heterocycles. The minimum absolute atomic E-state index is 0.00334. The number of carbonyl (C=O) groups is 1. The molecule has 1 aromatic rings. The number of esters is 1. The van der Waals surface area contributed by atoms with Crippen molar-refractivity contribution in [3.05, 3.63) is 16.1 Å². The van der Waals surface area contributed by atoms with Gasteiger partial charge in [-0.25, -0.2) is 13.4 Å². The number of ether oxygens (including phenoxy) is 1. The van der Waals surface area contributed by atoms with Gasteiger partial charge >= 0.3 is 5.97 Å². The molecule has 0 aromatic carbocycles. The molecular weight excluding hydrogens is 262 g/mol. The van der Waals surface area contributed by atoms with Crippen molar-refractivity contribution in [2.75, 3.05) is 18.6 Å². The zero-order chi connectivity index (χ0) is 12.5. The zero-order valence-corrected chi connectivity index (χ0v) is 11.0. The van der Waals surface area contributed by atoms with Gasteiger partial charge in [-0.3, -0.25) is 4.79 Å². The Morgan fingerprint density at radius 3 is 3.00 bits per heavy atom. The standard InChI is InChI=1S/C10H13NO4S2/c1-15-9(12)4-8-5-16-10(11-8)7-2-3-17(13,14)6-7/h5,7H,2-4,6H2,1H3. The zero-order valence-electron chi connectivity index (χ0n) is 9.38. The number of methoxy groups -OCH3 is 1. The number of rotatable bonds is 3. The van der Waals surface area contributed by atoms with Gasteiger partial charge in [0.1, 0.15) is 0 Å². The van der Waals surface area contributed by atoms with Crippen LogP contribution in [0, 0.1) is 0 Å². The second kappa shape index (κ2) is 4.73. The van der Waals surface area contributed by atoms with Gasteiger partial charge in [-0.2, -0.15) is 0 Å². The van der Waals surface area contributed by atoms with Gasteiger partial charge in [0.05, 0.1) is 35.7 Å². The van der Waals surface area contributed by atoms with Crippen LogP contribution in [0.5, 0.6) is 0 Å². The lowest BCUT2D eigenvalue weighted by atomic mass is 10.1. The maximum absolute atomic E-state index is 11.3. The first-order valence-corrected chi connectivity index (χ1v) is 7.92. The molecule has 0 radical (unpaired) electrons. The Morgan fingerprint density at radius 2 is 2.41 bits per heavy atom. The average molecular weight is 275 g/mol. The molecule has 5 nitrogen and oxygen atoms in total. The van der Waals surface area contributed by atoms with Crippen LogP contribution in [-0.2, 0) is 25.8 Å². The van der Waals surface area contributed by atoms with Crippen molar-refractivity contribution in [3.8, 4) is 0 Å². The van der Waals surface area contributed by atoms with Crippen molar-refractivity contribution < 1.29 is 17.9 Å². The van der Waals surface area contributed by atoms with E-state index < -0.39 is 9.84 Å². The highest BCUT2D eigenvalue weighted by atomic mass is 32.2. The number of nitrogens with zero attached hydrogens (tertiary/aromatic N) is 1. The first-order valence-electron chi connectivity index (χ1n) is 5.22. The second-order valence-electron chi connectivity index (χ2n) is 4.03. The van der Waals surface area contributed by atoms with E-state index in [4.69, 9.17) is 0 Å². The summed E-state index contributed by atoms with van der Waals surface area (Å²) in [7, 11) is -1.55. The predicted molar refractivity (Wildman–Crippen MR) is 63.8 cm³/mol. The van der Waals surface area contributed by atoms with Gasteiger partial charge in [-0.1, -0.05) is 0 Å². The van der Waals surface area contributed by atoms with Crippen LogP contribution < -0.4 is 0 Å². The van der Waals surface area contributed by atoms with Crippen LogP contribution in [0.1, 0.15) is 23.0 Å². The minimum Gasteiger partial charge on any atom is -0.469 e. The number of aromatic nitrogens is 1. The molecule has 2 heterocycles. The Balaban J connectivity index is 2.06. The monoisotopic (exact) mass is 275 g/mol. The molecule has 1 aromatic heterocycles. The van der Waals surface area contributed by atoms with Gasteiger partial charge < -0.3 is 4.74 Å². The van der Waals surface area contributed by atoms with E-state index in [1.165, 1.54) is 18.4 Å². The lowest BCUT2D eigenvalue weighted by molar-refractivity contribution is -0.139. The van der Waals surface area contributed by atoms with Crippen molar-refractivity contribution in [1.82, 2.24) is 4.98 Å². The molecular formula is C10H13NO4S2. The summed E-state index contributed by atoms with van der Waals surface area (Å²) in [5, 5.41) is 2.60. The Bertz CT molecular complexity index is 520. The van der Waals surface area contributed by atoms with Gasteiger partial charge in [-0.05, 0) is 6.42 Å². The minimum atomic E-state index is -2.89. The summed E-state index contributed by atoms with van der Waals surface area (Å²) < 4.78 is 27.2. The topological polar surface area (TPSA) is 73.3 Å². The molecule has 1 unspecified atom stereocenters. The Kier molecular flexibility index (Phi) is 3.48. The number of hydrogen-bond acceptors (Lipinski definition) is 6. The number of sulfone groups is 1. The summed E-state index contributed by atoms with van der Waals surface area (Å²) in [5.41, 5.74) is 0.654. The van der Waals surface area contributed by atoms with Gasteiger partial charge in [-0.15, -0.1) is 11.3 Å². The summed E-state index contributed by atoms with van der Waals surface area (Å²) >= 11 is 1.42. The van der Waals surface area contributed by atoms with E-state index in [0.717, 1.165) is 5.01 Å². The SMILES string of the molecule is COC(=O)Cc1csc(C2CCS(=O)(=O)C2)n1. The van der Waals surface area contributed by atoms with E-state index >= 15 is 0 Å². The number of thiazole rings is 1. The molecule has 17 heavy (non-hydrogen) atoms. The molecule has 0 bridgehead atoms. The van der Waals surface area contributed by atoms with E-state index in [0.29, 0.717) is 12.1 Å². The molecule has 2 rings (SSSR count). The summed E-state index contributed by atoms with van der Waals surface area (Å²) in [6.45, 7) is 0. The largest absolute Gasteiger partial charge is 0.469 e. The van der Waals surface area contributed by atoms with E-state index in [1.807, 2.05) is 0 Å². The van der Waals surface area contributed by atoms with Crippen molar-refractivity contribution in [2.24, 2.45) is 0 Å². The number of hydrogen-bond donors (Lipinski definition) is 0. The van der Waals surface area contributed by atoms with Crippen LogP contribution in [-0.4, -0.2) is 38.0 Å². The predicted octanol–water partition coefficient (Wildman–Crippen LogP) is 0.761. The molecule has 7 heteroatoms. The Hall–Kier alpha value is -0.950.